The number of rotatable bonds is 8. The molecule has 10 heteroatoms. The third-order valence-corrected chi connectivity index (χ3v) is 7.26. The van der Waals surface area contributed by atoms with Crippen molar-refractivity contribution in [3.8, 4) is 0 Å². The SMILES string of the molecule is CC(C)(C)C1CCC(N(Cc2ccc(C(=O)NCCC(=O)O)cc2)C(=O)Nc2cccc(C(F)(F)F)c2)CC1. The van der Waals surface area contributed by atoms with E-state index in [9.17, 15) is 27.6 Å². The van der Waals surface area contributed by atoms with Crippen molar-refractivity contribution in [1.82, 2.24) is 10.2 Å². The summed E-state index contributed by atoms with van der Waals surface area (Å²) in [6.45, 7) is 6.84. The highest BCUT2D eigenvalue weighted by Gasteiger charge is 2.34. The van der Waals surface area contributed by atoms with Crippen LogP contribution in [-0.4, -0.2) is 40.5 Å². The molecule has 1 aliphatic carbocycles. The third-order valence-electron chi connectivity index (χ3n) is 7.26. The maximum atomic E-state index is 13.4. The molecule has 0 unspecified atom stereocenters. The number of carbonyl (C=O) groups excluding carboxylic acids is 2. The maximum Gasteiger partial charge on any atom is 0.416 e. The van der Waals surface area contributed by atoms with Crippen LogP contribution in [0.15, 0.2) is 48.5 Å². The standard InChI is InChI=1S/C29H36F3N3O4/c1-28(2,3)21-11-13-24(14-12-21)35(27(39)34-23-6-4-5-22(17-23)29(30,31)32)18-19-7-9-20(10-8-19)26(38)33-16-15-25(36)37/h4-10,17,21,24H,11-16,18H2,1-3H3,(H,33,38)(H,34,39)(H,36,37). The van der Waals surface area contributed by atoms with Crippen LogP contribution < -0.4 is 10.6 Å². The summed E-state index contributed by atoms with van der Waals surface area (Å²) in [7, 11) is 0. The Hall–Kier alpha value is -3.56. The zero-order valence-electron chi connectivity index (χ0n) is 22.5. The van der Waals surface area contributed by atoms with Gasteiger partial charge in [0, 0.05) is 30.4 Å². The fraction of sp³-hybridized carbons (Fsp3) is 0.483. The Bertz CT molecular complexity index is 1150. The molecule has 0 heterocycles. The Morgan fingerprint density at radius 3 is 2.18 bits per heavy atom. The van der Waals surface area contributed by atoms with Crippen molar-refractivity contribution in [3.05, 3.63) is 65.2 Å². The summed E-state index contributed by atoms with van der Waals surface area (Å²) in [5, 5.41) is 13.9. The van der Waals surface area contributed by atoms with E-state index in [-0.39, 0.29) is 36.7 Å². The Kier molecular flexibility index (Phi) is 9.63. The normalized spacial score (nSPS) is 17.8. The fourth-order valence-corrected chi connectivity index (χ4v) is 4.93. The molecule has 0 atom stereocenters. The van der Waals surface area contributed by atoms with Gasteiger partial charge in [-0.25, -0.2) is 4.79 Å². The predicted octanol–water partition coefficient (Wildman–Crippen LogP) is 6.55. The molecular formula is C29H36F3N3O4. The van der Waals surface area contributed by atoms with E-state index >= 15 is 0 Å². The number of hydrogen-bond donors (Lipinski definition) is 3. The molecule has 0 aromatic heterocycles. The maximum absolute atomic E-state index is 13.4. The van der Waals surface area contributed by atoms with E-state index in [4.69, 9.17) is 5.11 Å². The smallest absolute Gasteiger partial charge is 0.416 e. The molecular weight excluding hydrogens is 511 g/mol. The number of urea groups is 1. The number of amides is 3. The number of hydrogen-bond acceptors (Lipinski definition) is 3. The fourth-order valence-electron chi connectivity index (χ4n) is 4.93. The second-order valence-electron chi connectivity index (χ2n) is 11.1. The van der Waals surface area contributed by atoms with Crippen LogP contribution in [0.1, 0.15) is 74.4 Å². The molecule has 39 heavy (non-hydrogen) atoms. The van der Waals surface area contributed by atoms with Crippen molar-refractivity contribution in [2.24, 2.45) is 11.3 Å². The van der Waals surface area contributed by atoms with Gasteiger partial charge in [0.05, 0.1) is 12.0 Å². The van der Waals surface area contributed by atoms with Gasteiger partial charge in [-0.15, -0.1) is 0 Å². The number of halogens is 3. The average molecular weight is 548 g/mol. The summed E-state index contributed by atoms with van der Waals surface area (Å²) in [6.07, 6.45) is -1.26. The van der Waals surface area contributed by atoms with Crippen molar-refractivity contribution in [3.63, 3.8) is 0 Å². The van der Waals surface area contributed by atoms with Crippen LogP contribution in [-0.2, 0) is 17.5 Å². The van der Waals surface area contributed by atoms with Gasteiger partial charge in [0.1, 0.15) is 0 Å². The number of carboxylic acid groups (broad SMARTS) is 1. The molecule has 0 bridgehead atoms. The first-order valence-electron chi connectivity index (χ1n) is 13.1. The lowest BCUT2D eigenvalue weighted by Crippen LogP contribution is -2.45. The van der Waals surface area contributed by atoms with Gasteiger partial charge in [-0.1, -0.05) is 39.0 Å². The van der Waals surface area contributed by atoms with Gasteiger partial charge in [-0.3, -0.25) is 9.59 Å². The molecule has 2 aromatic rings. The van der Waals surface area contributed by atoms with Crippen LogP contribution in [0, 0.1) is 11.3 Å². The first-order valence-corrected chi connectivity index (χ1v) is 13.1. The number of aliphatic carboxylic acids is 1. The molecule has 3 N–H and O–H groups in total. The molecule has 3 rings (SSSR count). The van der Waals surface area contributed by atoms with Crippen LogP contribution in [0.25, 0.3) is 0 Å². The van der Waals surface area contributed by atoms with Gasteiger partial charge in [0.15, 0.2) is 0 Å². The molecule has 0 radical (unpaired) electrons. The second-order valence-corrected chi connectivity index (χ2v) is 11.1. The van der Waals surface area contributed by atoms with Gasteiger partial charge in [-0.2, -0.15) is 13.2 Å². The molecule has 1 aliphatic rings. The Labute approximate surface area is 226 Å². The van der Waals surface area contributed by atoms with E-state index in [0.29, 0.717) is 11.5 Å². The number of anilines is 1. The zero-order chi connectivity index (χ0) is 28.8. The third kappa shape index (κ3) is 8.73. The van der Waals surface area contributed by atoms with Crippen LogP contribution >= 0.6 is 0 Å². The van der Waals surface area contributed by atoms with Crippen molar-refractivity contribution in [2.75, 3.05) is 11.9 Å². The number of nitrogens with zero attached hydrogens (tertiary/aromatic N) is 1. The summed E-state index contributed by atoms with van der Waals surface area (Å²) in [5.41, 5.74) is 0.493. The highest BCUT2D eigenvalue weighted by molar-refractivity contribution is 5.94. The lowest BCUT2D eigenvalue weighted by atomic mass is 9.71. The summed E-state index contributed by atoms with van der Waals surface area (Å²) in [5.74, 6) is -0.894. The number of benzene rings is 2. The van der Waals surface area contributed by atoms with Gasteiger partial charge in [0.2, 0.25) is 0 Å². The molecule has 0 spiro atoms. The minimum atomic E-state index is -4.52. The van der Waals surface area contributed by atoms with Gasteiger partial charge in [0.25, 0.3) is 5.91 Å². The van der Waals surface area contributed by atoms with Gasteiger partial charge < -0.3 is 20.6 Å². The molecule has 212 valence electrons. The molecule has 1 saturated carbocycles. The van der Waals surface area contributed by atoms with Crippen molar-refractivity contribution in [1.29, 1.82) is 0 Å². The number of carboxylic acids is 1. The van der Waals surface area contributed by atoms with Gasteiger partial charge >= 0.3 is 18.2 Å². The monoisotopic (exact) mass is 547 g/mol. The van der Waals surface area contributed by atoms with Crippen molar-refractivity contribution >= 4 is 23.6 Å². The van der Waals surface area contributed by atoms with E-state index in [1.54, 1.807) is 29.2 Å². The topological polar surface area (TPSA) is 98.7 Å². The van der Waals surface area contributed by atoms with E-state index in [1.165, 1.54) is 12.1 Å². The molecule has 2 aromatic carbocycles. The van der Waals surface area contributed by atoms with Crippen LogP contribution in [0.2, 0.25) is 0 Å². The molecule has 7 nitrogen and oxygen atoms in total. The highest BCUT2D eigenvalue weighted by Crippen LogP contribution is 2.39. The summed E-state index contributed by atoms with van der Waals surface area (Å²) >= 11 is 0. The van der Waals surface area contributed by atoms with Gasteiger partial charge in [-0.05, 0) is 72.9 Å². The summed E-state index contributed by atoms with van der Waals surface area (Å²) in [6, 6.07) is 10.6. The quantitative estimate of drug-likeness (QED) is 0.349. The highest BCUT2D eigenvalue weighted by atomic mass is 19.4. The Balaban J connectivity index is 1.76. The number of alkyl halides is 3. The van der Waals surface area contributed by atoms with Crippen LogP contribution in [0.4, 0.5) is 23.7 Å². The number of nitrogens with one attached hydrogen (secondary N) is 2. The minimum Gasteiger partial charge on any atom is -0.481 e. The lowest BCUT2D eigenvalue weighted by molar-refractivity contribution is -0.138. The van der Waals surface area contributed by atoms with E-state index in [2.05, 4.69) is 31.4 Å². The number of carbonyl (C=O) groups is 3. The van der Waals surface area contributed by atoms with E-state index in [0.717, 1.165) is 43.4 Å². The second kappa shape index (κ2) is 12.5. The summed E-state index contributed by atoms with van der Waals surface area (Å²) < 4.78 is 39.6. The lowest BCUT2D eigenvalue weighted by Gasteiger charge is -2.41. The molecule has 0 saturated heterocycles. The van der Waals surface area contributed by atoms with Crippen LogP contribution in [0.3, 0.4) is 0 Å². The largest absolute Gasteiger partial charge is 0.481 e. The minimum absolute atomic E-state index is 0.0106. The van der Waals surface area contributed by atoms with Crippen molar-refractivity contribution in [2.45, 2.75) is 71.6 Å². The Morgan fingerprint density at radius 2 is 1.62 bits per heavy atom. The molecule has 3 amide bonds. The van der Waals surface area contributed by atoms with Crippen LogP contribution in [0.5, 0.6) is 0 Å². The van der Waals surface area contributed by atoms with Crippen molar-refractivity contribution < 1.29 is 32.7 Å². The first-order chi connectivity index (χ1) is 18.2. The molecule has 1 fully saturated rings. The Morgan fingerprint density at radius 1 is 0.974 bits per heavy atom. The van der Waals surface area contributed by atoms with E-state index < -0.39 is 29.6 Å². The predicted molar refractivity (Wildman–Crippen MR) is 142 cm³/mol. The van der Waals surface area contributed by atoms with E-state index in [1.807, 2.05) is 0 Å². The molecule has 0 aliphatic heterocycles. The summed E-state index contributed by atoms with van der Waals surface area (Å²) in [4.78, 5) is 38.0. The zero-order valence-corrected chi connectivity index (χ0v) is 22.5. The average Bonchev–Trinajstić information content (AvgIpc) is 2.86. The first kappa shape index (κ1) is 30.0.